The highest BCUT2D eigenvalue weighted by atomic mass is 16.7. The summed E-state index contributed by atoms with van der Waals surface area (Å²) in [5.41, 5.74) is -0.433. The van der Waals surface area contributed by atoms with E-state index >= 15 is 0 Å². The number of carbonyl (C=O) groups excluding carboxylic acids is 3. The first-order valence-corrected chi connectivity index (χ1v) is 9.81. The number of rotatable bonds is 4. The quantitative estimate of drug-likeness (QED) is 0.474. The summed E-state index contributed by atoms with van der Waals surface area (Å²) in [5.74, 6) is -2.60. The Kier molecular flexibility index (Phi) is 4.67. The molecule has 1 aliphatic heterocycles. The van der Waals surface area contributed by atoms with Crippen molar-refractivity contribution in [3.8, 4) is 0 Å². The predicted octanol–water partition coefficient (Wildman–Crippen LogP) is 1.50. The Morgan fingerprint density at radius 3 is 2.21 bits per heavy atom. The van der Waals surface area contributed by atoms with Gasteiger partial charge in [-0.15, -0.1) is 0 Å². The van der Waals surface area contributed by atoms with E-state index in [-0.39, 0.29) is 34.3 Å². The molecular weight excluding hydrogens is 428 g/mol. The molecule has 2 aromatic heterocycles. The number of benzene rings is 2. The van der Waals surface area contributed by atoms with Crippen LogP contribution in [0.15, 0.2) is 76.4 Å². The zero-order valence-corrected chi connectivity index (χ0v) is 16.8. The lowest BCUT2D eigenvalue weighted by Gasteiger charge is -2.13. The van der Waals surface area contributed by atoms with Gasteiger partial charge >= 0.3 is 11.7 Å². The molecule has 0 radical (unpaired) electrons. The normalized spacial score (nSPS) is 12.8. The minimum absolute atomic E-state index is 0.0256. The zero-order chi connectivity index (χ0) is 23.1. The molecule has 10 nitrogen and oxygen atoms in total. The number of pyridine rings is 1. The number of nitrogens with one attached hydrogen (secondary N) is 1. The number of aromatic amines is 1. The van der Waals surface area contributed by atoms with Crippen LogP contribution in [0.25, 0.3) is 11.0 Å². The van der Waals surface area contributed by atoms with Gasteiger partial charge in [-0.25, -0.2) is 14.6 Å². The van der Waals surface area contributed by atoms with E-state index in [2.05, 4.69) is 9.97 Å². The summed E-state index contributed by atoms with van der Waals surface area (Å²) in [4.78, 5) is 73.6. The summed E-state index contributed by atoms with van der Waals surface area (Å²) in [6.07, 6.45) is 1.11. The van der Waals surface area contributed by atoms with Crippen molar-refractivity contribution in [2.24, 2.45) is 0 Å². The maximum absolute atomic E-state index is 12.7. The van der Waals surface area contributed by atoms with E-state index in [0.29, 0.717) is 5.06 Å². The molecule has 0 saturated heterocycles. The molecular formula is C23H14N4O6. The molecule has 2 amide bonds. The Balaban J connectivity index is 1.48. The van der Waals surface area contributed by atoms with Gasteiger partial charge < -0.3 is 4.84 Å². The maximum Gasteiger partial charge on any atom is 0.365 e. The van der Waals surface area contributed by atoms with E-state index in [1.54, 1.807) is 12.1 Å². The lowest BCUT2D eigenvalue weighted by Crippen LogP contribution is -2.33. The van der Waals surface area contributed by atoms with Crippen molar-refractivity contribution in [2.45, 2.75) is 6.54 Å². The topological polar surface area (TPSA) is 131 Å². The molecule has 3 heterocycles. The minimum Gasteiger partial charge on any atom is -0.324 e. The third-order valence-electron chi connectivity index (χ3n) is 5.18. The van der Waals surface area contributed by atoms with E-state index in [9.17, 15) is 24.0 Å². The second-order valence-electron chi connectivity index (χ2n) is 7.26. The first-order valence-electron chi connectivity index (χ1n) is 9.81. The van der Waals surface area contributed by atoms with Crippen molar-refractivity contribution in [1.29, 1.82) is 0 Å². The van der Waals surface area contributed by atoms with Crippen molar-refractivity contribution >= 4 is 28.8 Å². The van der Waals surface area contributed by atoms with Gasteiger partial charge in [0, 0.05) is 6.20 Å². The number of hydrogen-bond donors (Lipinski definition) is 1. The van der Waals surface area contributed by atoms with E-state index in [1.165, 1.54) is 22.8 Å². The number of H-pyrrole nitrogens is 1. The number of amides is 2. The molecule has 0 bridgehead atoms. The number of imide groups is 1. The first-order chi connectivity index (χ1) is 15.9. The SMILES string of the molecule is O=C(ON1C(=O)c2ccccc2C1=O)c1cnc2c(c1)c(=O)[nH]c(=O)n2Cc1ccccc1. The molecule has 1 aliphatic rings. The average Bonchev–Trinajstić information content (AvgIpc) is 3.07. The number of aromatic nitrogens is 3. The highest BCUT2D eigenvalue weighted by molar-refractivity contribution is 6.21. The molecule has 5 rings (SSSR count). The number of carbonyl (C=O) groups is 3. The molecule has 2 aromatic carbocycles. The Hall–Kier alpha value is -4.86. The monoisotopic (exact) mass is 442 g/mol. The molecule has 0 unspecified atom stereocenters. The standard InChI is InChI=1S/C23H14N4O6/c28-19-17-10-14(22(31)33-27-20(29)15-8-4-5-9-16(15)21(27)30)11-24-18(17)26(23(32)25-19)12-13-6-2-1-3-7-13/h1-11H,12H2,(H,25,28,32). The summed E-state index contributed by atoms with van der Waals surface area (Å²) in [6.45, 7) is 0.152. The average molecular weight is 442 g/mol. The summed E-state index contributed by atoms with van der Waals surface area (Å²) < 4.78 is 1.27. The van der Waals surface area contributed by atoms with E-state index in [4.69, 9.17) is 4.84 Å². The van der Waals surface area contributed by atoms with Crippen LogP contribution in [0.3, 0.4) is 0 Å². The lowest BCUT2D eigenvalue weighted by atomic mass is 10.1. The molecule has 162 valence electrons. The van der Waals surface area contributed by atoms with Gasteiger partial charge in [-0.3, -0.25) is 23.9 Å². The Morgan fingerprint density at radius 2 is 1.55 bits per heavy atom. The Morgan fingerprint density at radius 1 is 0.909 bits per heavy atom. The van der Waals surface area contributed by atoms with Crippen LogP contribution < -0.4 is 11.2 Å². The van der Waals surface area contributed by atoms with Crippen molar-refractivity contribution in [3.05, 3.63) is 110 Å². The smallest absolute Gasteiger partial charge is 0.324 e. The van der Waals surface area contributed by atoms with Crippen LogP contribution in [0.1, 0.15) is 36.6 Å². The second kappa shape index (κ2) is 7.68. The van der Waals surface area contributed by atoms with Crippen LogP contribution in [0.5, 0.6) is 0 Å². The van der Waals surface area contributed by atoms with Crippen LogP contribution >= 0.6 is 0 Å². The largest absolute Gasteiger partial charge is 0.365 e. The van der Waals surface area contributed by atoms with Gasteiger partial charge in [-0.2, -0.15) is 0 Å². The van der Waals surface area contributed by atoms with Gasteiger partial charge in [0.2, 0.25) is 0 Å². The van der Waals surface area contributed by atoms with Crippen molar-refractivity contribution in [2.75, 3.05) is 0 Å². The van der Waals surface area contributed by atoms with Crippen LogP contribution in [-0.4, -0.2) is 37.4 Å². The molecule has 0 atom stereocenters. The fourth-order valence-corrected chi connectivity index (χ4v) is 3.58. The fourth-order valence-electron chi connectivity index (χ4n) is 3.58. The van der Waals surface area contributed by atoms with Gasteiger partial charge in [-0.1, -0.05) is 47.5 Å². The van der Waals surface area contributed by atoms with Crippen LogP contribution in [0.2, 0.25) is 0 Å². The Labute approximate surface area is 184 Å². The highest BCUT2D eigenvalue weighted by Crippen LogP contribution is 2.23. The second-order valence-corrected chi connectivity index (χ2v) is 7.26. The number of hydroxylamine groups is 2. The molecule has 4 aromatic rings. The number of hydrogen-bond acceptors (Lipinski definition) is 7. The molecule has 0 fully saturated rings. The third-order valence-corrected chi connectivity index (χ3v) is 5.18. The van der Waals surface area contributed by atoms with E-state index in [0.717, 1.165) is 11.8 Å². The van der Waals surface area contributed by atoms with Crippen molar-refractivity contribution in [1.82, 2.24) is 19.6 Å². The molecule has 0 aliphatic carbocycles. The third kappa shape index (κ3) is 3.39. The van der Waals surface area contributed by atoms with Crippen LogP contribution in [0, 0.1) is 0 Å². The molecule has 1 N–H and O–H groups in total. The van der Waals surface area contributed by atoms with E-state index in [1.807, 2.05) is 30.3 Å². The molecule has 0 saturated carbocycles. The summed E-state index contributed by atoms with van der Waals surface area (Å²) in [6, 6.07) is 16.4. The highest BCUT2D eigenvalue weighted by Gasteiger charge is 2.38. The van der Waals surface area contributed by atoms with Gasteiger partial charge in [0.15, 0.2) is 0 Å². The Bertz CT molecular complexity index is 1540. The van der Waals surface area contributed by atoms with Crippen molar-refractivity contribution in [3.63, 3.8) is 0 Å². The molecule has 33 heavy (non-hydrogen) atoms. The lowest BCUT2D eigenvalue weighted by molar-refractivity contribution is -0.0584. The molecule has 0 spiro atoms. The van der Waals surface area contributed by atoms with Crippen molar-refractivity contribution < 1.29 is 19.2 Å². The maximum atomic E-state index is 12.7. The number of fused-ring (bicyclic) bond motifs is 2. The summed E-state index contributed by atoms with van der Waals surface area (Å²) in [7, 11) is 0. The van der Waals surface area contributed by atoms with Gasteiger partial charge in [0.05, 0.1) is 28.6 Å². The van der Waals surface area contributed by atoms with Gasteiger partial charge in [0.25, 0.3) is 17.4 Å². The predicted molar refractivity (Wildman–Crippen MR) is 115 cm³/mol. The summed E-state index contributed by atoms with van der Waals surface area (Å²) in [5, 5.41) is 0.347. The summed E-state index contributed by atoms with van der Waals surface area (Å²) >= 11 is 0. The van der Waals surface area contributed by atoms with Crippen LogP contribution in [0.4, 0.5) is 0 Å². The first kappa shape index (κ1) is 20.1. The minimum atomic E-state index is -1.06. The van der Waals surface area contributed by atoms with Gasteiger partial charge in [-0.05, 0) is 23.8 Å². The van der Waals surface area contributed by atoms with E-state index < -0.39 is 29.0 Å². The molecule has 10 heteroatoms. The van der Waals surface area contributed by atoms with Crippen LogP contribution in [-0.2, 0) is 11.4 Å². The van der Waals surface area contributed by atoms with Gasteiger partial charge in [0.1, 0.15) is 5.65 Å². The number of nitrogens with zero attached hydrogens (tertiary/aromatic N) is 3. The zero-order valence-electron chi connectivity index (χ0n) is 16.8. The fraction of sp³-hybridized carbons (Fsp3) is 0.0435.